The van der Waals surface area contributed by atoms with E-state index in [-0.39, 0.29) is 6.29 Å². The van der Waals surface area contributed by atoms with Gasteiger partial charge in [-0.05, 0) is 24.1 Å². The fourth-order valence-corrected chi connectivity index (χ4v) is 2.19. The van der Waals surface area contributed by atoms with Crippen molar-refractivity contribution in [2.24, 2.45) is 0 Å². The molecule has 0 bridgehead atoms. The molecule has 0 atom stereocenters. The van der Waals surface area contributed by atoms with Gasteiger partial charge in [-0.15, -0.1) is 0 Å². The van der Waals surface area contributed by atoms with Crippen molar-refractivity contribution in [2.75, 3.05) is 27.4 Å². The van der Waals surface area contributed by atoms with Crippen molar-refractivity contribution in [3.8, 4) is 11.5 Å². The van der Waals surface area contributed by atoms with Crippen molar-refractivity contribution < 1.29 is 18.9 Å². The molecule has 1 aromatic carbocycles. The summed E-state index contributed by atoms with van der Waals surface area (Å²) in [6.07, 6.45) is 1.46. The molecule has 0 amide bonds. The molecule has 0 spiro atoms. The molecule has 19 heavy (non-hydrogen) atoms. The van der Waals surface area contributed by atoms with Crippen LogP contribution in [0, 0.1) is 0 Å². The van der Waals surface area contributed by atoms with Crippen LogP contribution in [0.4, 0.5) is 0 Å². The SMILES string of the molecule is C=C(CCC1OCCO1)c1c(OC)cccc1OC. The Morgan fingerprint density at radius 1 is 1.21 bits per heavy atom. The van der Waals surface area contributed by atoms with E-state index in [1.807, 2.05) is 18.2 Å². The normalized spacial score (nSPS) is 15.5. The van der Waals surface area contributed by atoms with Crippen LogP contribution in [-0.2, 0) is 9.47 Å². The van der Waals surface area contributed by atoms with Crippen LogP contribution in [0.25, 0.3) is 5.57 Å². The Labute approximate surface area is 113 Å². The van der Waals surface area contributed by atoms with Gasteiger partial charge in [0, 0.05) is 6.42 Å². The minimum Gasteiger partial charge on any atom is -0.496 e. The van der Waals surface area contributed by atoms with Gasteiger partial charge >= 0.3 is 0 Å². The molecular formula is C15H20O4. The van der Waals surface area contributed by atoms with E-state index in [0.717, 1.165) is 35.5 Å². The first-order valence-electron chi connectivity index (χ1n) is 6.38. The predicted octanol–water partition coefficient (Wildman–Crippen LogP) is 2.87. The van der Waals surface area contributed by atoms with E-state index < -0.39 is 0 Å². The third-order valence-electron chi connectivity index (χ3n) is 3.15. The van der Waals surface area contributed by atoms with E-state index in [9.17, 15) is 0 Å². The largest absolute Gasteiger partial charge is 0.496 e. The maximum atomic E-state index is 5.43. The highest BCUT2D eigenvalue weighted by Gasteiger charge is 2.18. The Morgan fingerprint density at radius 2 is 1.79 bits per heavy atom. The average Bonchev–Trinajstić information content (AvgIpc) is 2.97. The second kappa shape index (κ2) is 6.59. The van der Waals surface area contributed by atoms with Crippen molar-refractivity contribution in [3.05, 3.63) is 30.3 Å². The van der Waals surface area contributed by atoms with E-state index in [0.29, 0.717) is 13.2 Å². The lowest BCUT2D eigenvalue weighted by Crippen LogP contribution is -2.07. The Balaban J connectivity index is 2.08. The molecule has 4 nitrogen and oxygen atoms in total. The summed E-state index contributed by atoms with van der Waals surface area (Å²) in [5, 5.41) is 0. The minimum absolute atomic E-state index is 0.113. The highest BCUT2D eigenvalue weighted by Crippen LogP contribution is 2.36. The maximum absolute atomic E-state index is 5.43. The molecule has 1 heterocycles. The van der Waals surface area contributed by atoms with Crippen molar-refractivity contribution in [1.82, 2.24) is 0 Å². The molecule has 104 valence electrons. The van der Waals surface area contributed by atoms with Crippen LogP contribution < -0.4 is 9.47 Å². The topological polar surface area (TPSA) is 36.9 Å². The molecular weight excluding hydrogens is 244 g/mol. The number of methoxy groups -OCH3 is 2. The zero-order chi connectivity index (χ0) is 13.7. The fourth-order valence-electron chi connectivity index (χ4n) is 2.19. The van der Waals surface area contributed by atoms with Crippen molar-refractivity contribution in [1.29, 1.82) is 0 Å². The lowest BCUT2D eigenvalue weighted by atomic mass is 10.0. The van der Waals surface area contributed by atoms with E-state index in [4.69, 9.17) is 18.9 Å². The summed E-state index contributed by atoms with van der Waals surface area (Å²) in [6, 6.07) is 5.72. The molecule has 1 aliphatic heterocycles. The number of benzene rings is 1. The first kappa shape index (κ1) is 13.9. The third-order valence-corrected chi connectivity index (χ3v) is 3.15. The van der Waals surface area contributed by atoms with Crippen molar-refractivity contribution >= 4 is 5.57 Å². The number of hydrogen-bond acceptors (Lipinski definition) is 4. The molecule has 0 aromatic heterocycles. The quantitative estimate of drug-likeness (QED) is 0.791. The Hall–Kier alpha value is -1.52. The number of rotatable bonds is 6. The number of allylic oxidation sites excluding steroid dienone is 1. The van der Waals surface area contributed by atoms with Gasteiger partial charge in [0.15, 0.2) is 6.29 Å². The maximum Gasteiger partial charge on any atom is 0.158 e. The van der Waals surface area contributed by atoms with E-state index in [2.05, 4.69) is 6.58 Å². The molecule has 0 N–H and O–H groups in total. The zero-order valence-corrected chi connectivity index (χ0v) is 11.5. The van der Waals surface area contributed by atoms with Gasteiger partial charge in [0.25, 0.3) is 0 Å². The van der Waals surface area contributed by atoms with Crippen LogP contribution in [-0.4, -0.2) is 33.7 Å². The first-order chi connectivity index (χ1) is 9.26. The van der Waals surface area contributed by atoms with Crippen LogP contribution in [0.2, 0.25) is 0 Å². The molecule has 0 aliphatic carbocycles. The average molecular weight is 264 g/mol. The molecule has 1 aliphatic rings. The van der Waals surface area contributed by atoms with Crippen molar-refractivity contribution in [3.63, 3.8) is 0 Å². The standard InChI is InChI=1S/C15H20O4/c1-11(7-8-14-18-9-10-19-14)15-12(16-2)5-4-6-13(15)17-3/h4-6,14H,1,7-10H2,2-3H3. The van der Waals surface area contributed by atoms with Crippen LogP contribution in [0.15, 0.2) is 24.8 Å². The Kier molecular flexibility index (Phi) is 4.82. The van der Waals surface area contributed by atoms with Gasteiger partial charge in [0.1, 0.15) is 11.5 Å². The van der Waals surface area contributed by atoms with Crippen molar-refractivity contribution in [2.45, 2.75) is 19.1 Å². The minimum atomic E-state index is -0.113. The summed E-state index contributed by atoms with van der Waals surface area (Å²) >= 11 is 0. The smallest absolute Gasteiger partial charge is 0.158 e. The van der Waals surface area contributed by atoms with E-state index in [1.54, 1.807) is 14.2 Å². The summed E-state index contributed by atoms with van der Waals surface area (Å²) in [7, 11) is 3.30. The van der Waals surface area contributed by atoms with Crippen LogP contribution >= 0.6 is 0 Å². The van der Waals surface area contributed by atoms with Gasteiger partial charge in [-0.3, -0.25) is 0 Å². The lowest BCUT2D eigenvalue weighted by molar-refractivity contribution is -0.0453. The van der Waals surface area contributed by atoms with Gasteiger partial charge in [0.2, 0.25) is 0 Å². The summed E-state index contributed by atoms with van der Waals surface area (Å²) in [6.45, 7) is 5.48. The van der Waals surface area contributed by atoms with E-state index >= 15 is 0 Å². The molecule has 1 fully saturated rings. The number of hydrogen-bond donors (Lipinski definition) is 0. The molecule has 1 saturated heterocycles. The van der Waals surface area contributed by atoms with Crippen LogP contribution in [0.3, 0.4) is 0 Å². The lowest BCUT2D eigenvalue weighted by Gasteiger charge is -2.16. The van der Waals surface area contributed by atoms with E-state index in [1.165, 1.54) is 0 Å². The van der Waals surface area contributed by atoms with Gasteiger partial charge < -0.3 is 18.9 Å². The highest BCUT2D eigenvalue weighted by molar-refractivity contribution is 5.74. The van der Waals surface area contributed by atoms with Crippen LogP contribution in [0.5, 0.6) is 11.5 Å². The second-order valence-electron chi connectivity index (χ2n) is 4.35. The van der Waals surface area contributed by atoms with Gasteiger partial charge in [-0.25, -0.2) is 0 Å². The van der Waals surface area contributed by atoms with Crippen LogP contribution in [0.1, 0.15) is 18.4 Å². The van der Waals surface area contributed by atoms with Gasteiger partial charge in [-0.1, -0.05) is 12.6 Å². The predicted molar refractivity (Wildman–Crippen MR) is 73.5 cm³/mol. The Bertz CT molecular complexity index is 414. The summed E-state index contributed by atoms with van der Waals surface area (Å²) in [4.78, 5) is 0. The van der Waals surface area contributed by atoms with Gasteiger partial charge in [-0.2, -0.15) is 0 Å². The number of ether oxygens (including phenoxy) is 4. The summed E-state index contributed by atoms with van der Waals surface area (Å²) < 4.78 is 21.6. The van der Waals surface area contributed by atoms with Gasteiger partial charge in [0.05, 0.1) is 33.0 Å². The molecule has 4 heteroatoms. The molecule has 2 rings (SSSR count). The molecule has 0 saturated carbocycles. The fraction of sp³-hybridized carbons (Fsp3) is 0.467. The summed E-state index contributed by atoms with van der Waals surface area (Å²) in [5.74, 6) is 1.55. The Morgan fingerprint density at radius 3 is 2.32 bits per heavy atom. The molecule has 0 unspecified atom stereocenters. The third kappa shape index (κ3) is 3.28. The monoisotopic (exact) mass is 264 g/mol. The second-order valence-corrected chi connectivity index (χ2v) is 4.35. The summed E-state index contributed by atoms with van der Waals surface area (Å²) in [5.41, 5.74) is 1.89. The zero-order valence-electron chi connectivity index (χ0n) is 11.5. The first-order valence-corrected chi connectivity index (χ1v) is 6.38. The molecule has 0 radical (unpaired) electrons. The molecule has 1 aromatic rings. The highest BCUT2D eigenvalue weighted by atomic mass is 16.7.